The highest BCUT2D eigenvalue weighted by molar-refractivity contribution is 5.97. The van der Waals surface area contributed by atoms with Crippen molar-refractivity contribution in [2.45, 2.75) is 40.5 Å². The number of benzene rings is 2. The average molecular weight is 358 g/mol. The minimum absolute atomic E-state index is 0.111. The molecule has 0 aromatic heterocycles. The lowest BCUT2D eigenvalue weighted by molar-refractivity contribution is 0.0601. The van der Waals surface area contributed by atoms with E-state index in [1.54, 1.807) is 0 Å². The SMILES string of the molecule is CC(C)=C(C)c1cc(C(=O)N2CC(c3ccc(C#N)cc3)C2)c(C)cc1C. The molecule has 1 amide bonds. The standard InChI is InChI=1S/C24H26N2O/c1-15(2)18(5)22-11-23(17(4)10-16(22)3)24(27)26-13-21(14-26)20-8-6-19(12-25)7-9-20/h6-11,21H,13-14H2,1-5H3. The molecule has 1 aliphatic rings. The molecule has 3 heteroatoms. The summed E-state index contributed by atoms with van der Waals surface area (Å²) in [6.45, 7) is 11.9. The highest BCUT2D eigenvalue weighted by Crippen LogP contribution is 2.31. The number of aryl methyl sites for hydroxylation is 2. The summed E-state index contributed by atoms with van der Waals surface area (Å²) in [5.74, 6) is 0.464. The molecule has 0 unspecified atom stereocenters. The van der Waals surface area contributed by atoms with E-state index >= 15 is 0 Å². The van der Waals surface area contributed by atoms with E-state index in [0.29, 0.717) is 11.5 Å². The summed E-state index contributed by atoms with van der Waals surface area (Å²) in [5, 5.41) is 8.91. The molecule has 0 N–H and O–H groups in total. The van der Waals surface area contributed by atoms with E-state index in [0.717, 1.165) is 29.8 Å². The van der Waals surface area contributed by atoms with E-state index in [2.05, 4.69) is 45.9 Å². The van der Waals surface area contributed by atoms with Crippen molar-refractivity contribution in [1.82, 2.24) is 4.90 Å². The van der Waals surface area contributed by atoms with Crippen LogP contribution in [0.25, 0.3) is 5.57 Å². The zero-order valence-corrected chi connectivity index (χ0v) is 16.8. The molecule has 27 heavy (non-hydrogen) atoms. The van der Waals surface area contributed by atoms with Gasteiger partial charge in [0.1, 0.15) is 0 Å². The van der Waals surface area contributed by atoms with Crippen molar-refractivity contribution in [3.05, 3.63) is 75.4 Å². The van der Waals surface area contributed by atoms with Gasteiger partial charge in [0.15, 0.2) is 0 Å². The number of nitrogens with zero attached hydrogens (tertiary/aromatic N) is 2. The number of rotatable bonds is 3. The molecule has 3 rings (SSSR count). The van der Waals surface area contributed by atoms with Gasteiger partial charge in [0.25, 0.3) is 5.91 Å². The number of nitriles is 1. The van der Waals surface area contributed by atoms with Crippen LogP contribution in [0.5, 0.6) is 0 Å². The largest absolute Gasteiger partial charge is 0.337 e. The number of amides is 1. The summed E-state index contributed by atoms with van der Waals surface area (Å²) >= 11 is 0. The summed E-state index contributed by atoms with van der Waals surface area (Å²) < 4.78 is 0. The van der Waals surface area contributed by atoms with Gasteiger partial charge in [0, 0.05) is 24.6 Å². The van der Waals surface area contributed by atoms with Crippen LogP contribution in [0.1, 0.15) is 64.9 Å². The van der Waals surface area contributed by atoms with Crippen LogP contribution < -0.4 is 0 Å². The van der Waals surface area contributed by atoms with Crippen LogP contribution in [0.2, 0.25) is 0 Å². The maximum absolute atomic E-state index is 13.0. The Hall–Kier alpha value is -2.86. The zero-order valence-electron chi connectivity index (χ0n) is 16.8. The fourth-order valence-electron chi connectivity index (χ4n) is 3.61. The fraction of sp³-hybridized carbons (Fsp3) is 0.333. The summed E-state index contributed by atoms with van der Waals surface area (Å²) in [7, 11) is 0. The maximum atomic E-state index is 13.0. The number of carbonyl (C=O) groups is 1. The van der Waals surface area contributed by atoms with Crippen LogP contribution in [-0.2, 0) is 0 Å². The van der Waals surface area contributed by atoms with Crippen molar-refractivity contribution in [1.29, 1.82) is 5.26 Å². The molecule has 0 radical (unpaired) electrons. The maximum Gasteiger partial charge on any atom is 0.254 e. The molecular weight excluding hydrogens is 332 g/mol. The topological polar surface area (TPSA) is 44.1 Å². The summed E-state index contributed by atoms with van der Waals surface area (Å²) in [5.41, 5.74) is 8.57. The molecular formula is C24H26N2O. The normalized spacial score (nSPS) is 13.7. The minimum Gasteiger partial charge on any atom is -0.337 e. The van der Waals surface area contributed by atoms with Gasteiger partial charge in [-0.3, -0.25) is 4.79 Å². The van der Waals surface area contributed by atoms with Crippen LogP contribution in [-0.4, -0.2) is 23.9 Å². The van der Waals surface area contributed by atoms with E-state index in [1.165, 1.54) is 22.3 Å². The van der Waals surface area contributed by atoms with Gasteiger partial charge in [-0.05, 0) is 80.6 Å². The van der Waals surface area contributed by atoms with Crippen LogP contribution in [0.3, 0.4) is 0 Å². The van der Waals surface area contributed by atoms with Gasteiger partial charge in [-0.25, -0.2) is 0 Å². The van der Waals surface area contributed by atoms with Gasteiger partial charge >= 0.3 is 0 Å². The Labute approximate surface area is 161 Å². The first-order valence-corrected chi connectivity index (χ1v) is 9.37. The van der Waals surface area contributed by atoms with Crippen molar-refractivity contribution in [3.8, 4) is 6.07 Å². The monoisotopic (exact) mass is 358 g/mol. The van der Waals surface area contributed by atoms with Gasteiger partial charge in [-0.15, -0.1) is 0 Å². The second-order valence-corrected chi connectivity index (χ2v) is 7.75. The molecule has 1 saturated heterocycles. The van der Waals surface area contributed by atoms with E-state index in [-0.39, 0.29) is 5.91 Å². The minimum atomic E-state index is 0.111. The van der Waals surface area contributed by atoms with Gasteiger partial charge in [0.2, 0.25) is 0 Å². The second kappa shape index (κ2) is 7.40. The lowest BCUT2D eigenvalue weighted by atomic mass is 9.89. The predicted octanol–water partition coefficient (Wildman–Crippen LogP) is 5.23. The number of hydrogen-bond donors (Lipinski definition) is 0. The lowest BCUT2D eigenvalue weighted by Gasteiger charge is -2.40. The molecule has 0 aliphatic carbocycles. The molecule has 138 valence electrons. The molecule has 1 fully saturated rings. The Morgan fingerprint density at radius 1 is 1.00 bits per heavy atom. The quantitative estimate of drug-likeness (QED) is 0.754. The smallest absolute Gasteiger partial charge is 0.254 e. The van der Waals surface area contributed by atoms with Crippen molar-refractivity contribution >= 4 is 11.5 Å². The second-order valence-electron chi connectivity index (χ2n) is 7.75. The molecule has 1 heterocycles. The molecule has 0 bridgehead atoms. The number of allylic oxidation sites excluding steroid dienone is 2. The lowest BCUT2D eigenvalue weighted by Crippen LogP contribution is -2.48. The molecule has 0 spiro atoms. The first kappa shape index (κ1) is 18.9. The molecule has 2 aromatic rings. The van der Waals surface area contributed by atoms with Crippen LogP contribution in [0.15, 0.2) is 42.0 Å². The summed E-state index contributed by atoms with van der Waals surface area (Å²) in [4.78, 5) is 15.0. The van der Waals surface area contributed by atoms with Crippen LogP contribution in [0, 0.1) is 25.2 Å². The molecule has 0 atom stereocenters. The zero-order chi connectivity index (χ0) is 19.7. The van der Waals surface area contributed by atoms with Crippen LogP contribution in [0.4, 0.5) is 0 Å². The average Bonchev–Trinajstić information content (AvgIpc) is 2.60. The van der Waals surface area contributed by atoms with E-state index < -0.39 is 0 Å². The number of likely N-dealkylation sites (tertiary alicyclic amines) is 1. The third kappa shape index (κ3) is 3.66. The van der Waals surface area contributed by atoms with Crippen LogP contribution >= 0.6 is 0 Å². The van der Waals surface area contributed by atoms with Crippen molar-refractivity contribution in [3.63, 3.8) is 0 Å². The summed E-state index contributed by atoms with van der Waals surface area (Å²) in [6, 6.07) is 14.0. The third-order valence-corrected chi connectivity index (χ3v) is 5.64. The Morgan fingerprint density at radius 3 is 2.15 bits per heavy atom. The van der Waals surface area contributed by atoms with Crippen molar-refractivity contribution in [2.24, 2.45) is 0 Å². The summed E-state index contributed by atoms with van der Waals surface area (Å²) in [6.07, 6.45) is 0. The third-order valence-electron chi connectivity index (χ3n) is 5.64. The molecule has 3 nitrogen and oxygen atoms in total. The fourth-order valence-corrected chi connectivity index (χ4v) is 3.61. The first-order chi connectivity index (χ1) is 12.8. The van der Waals surface area contributed by atoms with Crippen molar-refractivity contribution < 1.29 is 4.79 Å². The predicted molar refractivity (Wildman–Crippen MR) is 110 cm³/mol. The Bertz CT molecular complexity index is 951. The van der Waals surface area contributed by atoms with Gasteiger partial charge in [-0.2, -0.15) is 5.26 Å². The molecule has 0 saturated carbocycles. The van der Waals surface area contributed by atoms with Crippen molar-refractivity contribution in [2.75, 3.05) is 13.1 Å². The number of hydrogen-bond acceptors (Lipinski definition) is 2. The molecule has 1 aliphatic heterocycles. The van der Waals surface area contributed by atoms with E-state index in [4.69, 9.17) is 5.26 Å². The van der Waals surface area contributed by atoms with Gasteiger partial charge < -0.3 is 4.90 Å². The van der Waals surface area contributed by atoms with E-state index in [9.17, 15) is 4.79 Å². The Balaban J connectivity index is 1.78. The number of carbonyl (C=O) groups excluding carboxylic acids is 1. The first-order valence-electron chi connectivity index (χ1n) is 9.37. The van der Waals surface area contributed by atoms with Gasteiger partial charge in [-0.1, -0.05) is 23.8 Å². The van der Waals surface area contributed by atoms with E-state index in [1.807, 2.05) is 36.1 Å². The highest BCUT2D eigenvalue weighted by Gasteiger charge is 2.33. The molecule has 2 aromatic carbocycles. The Kier molecular flexibility index (Phi) is 5.19. The van der Waals surface area contributed by atoms with Gasteiger partial charge in [0.05, 0.1) is 11.6 Å². The Morgan fingerprint density at radius 2 is 1.59 bits per heavy atom. The highest BCUT2D eigenvalue weighted by atomic mass is 16.2.